The van der Waals surface area contributed by atoms with Gasteiger partial charge in [-0.15, -0.1) is 0 Å². The average Bonchev–Trinajstić information content (AvgIpc) is 2.89. The SMILES string of the molecule is NCCCc1nc2n(n1)C(c1ccc(F)cn1)CCN2. The van der Waals surface area contributed by atoms with Crippen molar-refractivity contribution in [3.05, 3.63) is 35.7 Å². The molecule has 6 nitrogen and oxygen atoms in total. The second kappa shape index (κ2) is 5.54. The third-order valence-corrected chi connectivity index (χ3v) is 3.37. The monoisotopic (exact) mass is 276 g/mol. The smallest absolute Gasteiger partial charge is 0.222 e. The minimum absolute atomic E-state index is 0.00553. The molecule has 20 heavy (non-hydrogen) atoms. The van der Waals surface area contributed by atoms with Gasteiger partial charge in [0.2, 0.25) is 5.95 Å². The molecule has 3 N–H and O–H groups in total. The number of nitrogens with one attached hydrogen (secondary N) is 1. The highest BCUT2D eigenvalue weighted by molar-refractivity contribution is 5.31. The number of nitrogens with zero attached hydrogens (tertiary/aromatic N) is 4. The summed E-state index contributed by atoms with van der Waals surface area (Å²) < 4.78 is 14.8. The zero-order valence-corrected chi connectivity index (χ0v) is 11.1. The summed E-state index contributed by atoms with van der Waals surface area (Å²) in [5, 5.41) is 7.75. The Morgan fingerprint density at radius 3 is 3.10 bits per heavy atom. The van der Waals surface area contributed by atoms with E-state index < -0.39 is 0 Å². The van der Waals surface area contributed by atoms with Crippen molar-refractivity contribution in [2.75, 3.05) is 18.4 Å². The summed E-state index contributed by atoms with van der Waals surface area (Å²) >= 11 is 0. The summed E-state index contributed by atoms with van der Waals surface area (Å²) in [7, 11) is 0. The lowest BCUT2D eigenvalue weighted by Gasteiger charge is -2.23. The van der Waals surface area contributed by atoms with Crippen LogP contribution in [0.2, 0.25) is 0 Å². The Kier molecular flexibility index (Phi) is 3.60. The molecule has 2 aromatic heterocycles. The van der Waals surface area contributed by atoms with E-state index in [1.807, 2.05) is 4.68 Å². The summed E-state index contributed by atoms with van der Waals surface area (Å²) in [4.78, 5) is 8.63. The van der Waals surface area contributed by atoms with Gasteiger partial charge in [0.15, 0.2) is 5.82 Å². The van der Waals surface area contributed by atoms with Crippen LogP contribution >= 0.6 is 0 Å². The van der Waals surface area contributed by atoms with Gasteiger partial charge in [0, 0.05) is 13.0 Å². The molecule has 1 aliphatic rings. The van der Waals surface area contributed by atoms with E-state index in [9.17, 15) is 4.39 Å². The molecule has 1 aliphatic heterocycles. The number of nitrogens with two attached hydrogens (primary N) is 1. The normalized spacial score (nSPS) is 17.6. The molecule has 106 valence electrons. The van der Waals surface area contributed by atoms with E-state index in [1.165, 1.54) is 12.3 Å². The Hall–Kier alpha value is -2.02. The van der Waals surface area contributed by atoms with Crippen LogP contribution in [-0.2, 0) is 6.42 Å². The molecule has 0 saturated carbocycles. The van der Waals surface area contributed by atoms with Crippen molar-refractivity contribution in [2.45, 2.75) is 25.3 Å². The van der Waals surface area contributed by atoms with E-state index >= 15 is 0 Å². The molecule has 3 heterocycles. The lowest BCUT2D eigenvalue weighted by atomic mass is 10.1. The van der Waals surface area contributed by atoms with Crippen LogP contribution in [-0.4, -0.2) is 32.8 Å². The maximum absolute atomic E-state index is 13.0. The molecule has 0 radical (unpaired) electrons. The maximum Gasteiger partial charge on any atom is 0.222 e. The number of hydrogen-bond donors (Lipinski definition) is 2. The molecule has 0 fully saturated rings. The maximum atomic E-state index is 13.0. The fourth-order valence-corrected chi connectivity index (χ4v) is 2.37. The molecular formula is C13H17FN6. The van der Waals surface area contributed by atoms with Gasteiger partial charge in [0.25, 0.3) is 0 Å². The Morgan fingerprint density at radius 2 is 2.35 bits per heavy atom. The van der Waals surface area contributed by atoms with Gasteiger partial charge in [-0.25, -0.2) is 9.07 Å². The van der Waals surface area contributed by atoms with Crippen LogP contribution in [0, 0.1) is 5.82 Å². The summed E-state index contributed by atoms with van der Waals surface area (Å²) in [6, 6.07) is 3.14. The van der Waals surface area contributed by atoms with Gasteiger partial charge in [-0.3, -0.25) is 4.98 Å². The molecule has 0 bridgehead atoms. The highest BCUT2D eigenvalue weighted by Crippen LogP contribution is 2.27. The molecule has 1 atom stereocenters. The number of halogens is 1. The van der Waals surface area contributed by atoms with E-state index in [4.69, 9.17) is 5.73 Å². The van der Waals surface area contributed by atoms with Gasteiger partial charge < -0.3 is 11.1 Å². The van der Waals surface area contributed by atoms with Gasteiger partial charge >= 0.3 is 0 Å². The molecule has 7 heteroatoms. The fraction of sp³-hybridized carbons (Fsp3) is 0.462. The molecule has 2 aromatic rings. The van der Waals surface area contributed by atoms with Crippen LogP contribution in [0.4, 0.5) is 10.3 Å². The minimum atomic E-state index is -0.329. The zero-order chi connectivity index (χ0) is 13.9. The molecule has 0 aromatic carbocycles. The summed E-state index contributed by atoms with van der Waals surface area (Å²) in [5.41, 5.74) is 6.32. The Labute approximate surface area is 116 Å². The molecule has 3 rings (SSSR count). The number of anilines is 1. The van der Waals surface area contributed by atoms with Crippen LogP contribution in [0.3, 0.4) is 0 Å². The zero-order valence-electron chi connectivity index (χ0n) is 11.1. The van der Waals surface area contributed by atoms with Gasteiger partial charge in [0.05, 0.1) is 17.9 Å². The Bertz CT molecular complexity index is 579. The molecule has 1 unspecified atom stereocenters. The van der Waals surface area contributed by atoms with Crippen molar-refractivity contribution in [2.24, 2.45) is 5.73 Å². The number of rotatable bonds is 4. The van der Waals surface area contributed by atoms with Crippen LogP contribution in [0.5, 0.6) is 0 Å². The van der Waals surface area contributed by atoms with Gasteiger partial charge in [-0.1, -0.05) is 0 Å². The van der Waals surface area contributed by atoms with Gasteiger partial charge in [-0.2, -0.15) is 10.1 Å². The summed E-state index contributed by atoms with van der Waals surface area (Å²) in [6.07, 6.45) is 3.72. The third kappa shape index (κ3) is 2.49. The van der Waals surface area contributed by atoms with Crippen molar-refractivity contribution < 1.29 is 4.39 Å². The second-order valence-corrected chi connectivity index (χ2v) is 4.82. The first-order valence-electron chi connectivity index (χ1n) is 6.79. The highest BCUT2D eigenvalue weighted by atomic mass is 19.1. The summed E-state index contributed by atoms with van der Waals surface area (Å²) in [5.74, 6) is 1.21. The second-order valence-electron chi connectivity index (χ2n) is 4.82. The van der Waals surface area contributed by atoms with Crippen molar-refractivity contribution in [1.82, 2.24) is 19.7 Å². The van der Waals surface area contributed by atoms with Gasteiger partial charge in [0.1, 0.15) is 5.82 Å². The number of pyridine rings is 1. The lowest BCUT2D eigenvalue weighted by Crippen LogP contribution is -2.25. The first-order chi connectivity index (χ1) is 9.78. The standard InChI is InChI=1S/C13H17FN6/c14-9-3-4-10(17-8-9)11-5-7-16-13-18-12(2-1-6-15)19-20(11)13/h3-4,8,11H,1-2,5-7,15H2,(H,16,18,19). The number of aryl methyl sites for hydroxylation is 1. The van der Waals surface area contributed by atoms with Crippen LogP contribution in [0.1, 0.15) is 30.4 Å². The van der Waals surface area contributed by atoms with E-state index in [0.717, 1.165) is 43.3 Å². The Balaban J connectivity index is 1.89. The van der Waals surface area contributed by atoms with Crippen LogP contribution in [0.15, 0.2) is 18.3 Å². The molecule has 0 amide bonds. The largest absolute Gasteiger partial charge is 0.354 e. The average molecular weight is 276 g/mol. The highest BCUT2D eigenvalue weighted by Gasteiger charge is 2.25. The van der Waals surface area contributed by atoms with E-state index in [0.29, 0.717) is 6.54 Å². The Morgan fingerprint density at radius 1 is 1.45 bits per heavy atom. The van der Waals surface area contributed by atoms with Crippen molar-refractivity contribution in [3.63, 3.8) is 0 Å². The van der Waals surface area contributed by atoms with E-state index in [2.05, 4.69) is 20.4 Å². The molecule has 0 aliphatic carbocycles. The topological polar surface area (TPSA) is 81.7 Å². The first kappa shape index (κ1) is 13.0. The van der Waals surface area contributed by atoms with Crippen LogP contribution < -0.4 is 11.1 Å². The lowest BCUT2D eigenvalue weighted by molar-refractivity contribution is 0.465. The first-order valence-corrected chi connectivity index (χ1v) is 6.79. The molecule has 0 spiro atoms. The minimum Gasteiger partial charge on any atom is -0.354 e. The molecule has 0 saturated heterocycles. The number of aromatic nitrogens is 4. The number of hydrogen-bond acceptors (Lipinski definition) is 5. The van der Waals surface area contributed by atoms with E-state index in [-0.39, 0.29) is 11.9 Å². The number of fused-ring (bicyclic) bond motifs is 1. The molecular weight excluding hydrogens is 259 g/mol. The predicted molar refractivity (Wildman–Crippen MR) is 72.8 cm³/mol. The van der Waals surface area contributed by atoms with Crippen LogP contribution in [0.25, 0.3) is 0 Å². The predicted octanol–water partition coefficient (Wildman–Crippen LogP) is 1.11. The third-order valence-electron chi connectivity index (χ3n) is 3.37. The van der Waals surface area contributed by atoms with E-state index in [1.54, 1.807) is 6.07 Å². The van der Waals surface area contributed by atoms with Crippen molar-refractivity contribution in [1.29, 1.82) is 0 Å². The van der Waals surface area contributed by atoms with Crippen molar-refractivity contribution in [3.8, 4) is 0 Å². The quantitative estimate of drug-likeness (QED) is 0.874. The summed E-state index contributed by atoms with van der Waals surface area (Å²) in [6.45, 7) is 1.43. The van der Waals surface area contributed by atoms with Gasteiger partial charge in [-0.05, 0) is 31.5 Å². The fourth-order valence-electron chi connectivity index (χ4n) is 2.37. The van der Waals surface area contributed by atoms with Crippen molar-refractivity contribution >= 4 is 5.95 Å².